The number of hydrogen-bond donors (Lipinski definition) is 0. The van der Waals surface area contributed by atoms with Gasteiger partial charge >= 0.3 is 0 Å². The van der Waals surface area contributed by atoms with E-state index in [1.807, 2.05) is 6.07 Å². The van der Waals surface area contributed by atoms with Gasteiger partial charge in [0.15, 0.2) is 0 Å². The number of sulfonamides is 1. The highest BCUT2D eigenvalue weighted by molar-refractivity contribution is 7.88. The maximum Gasteiger partial charge on any atom is 0.218 e. The summed E-state index contributed by atoms with van der Waals surface area (Å²) in [5, 5.41) is 8.89. The summed E-state index contributed by atoms with van der Waals surface area (Å²) in [4.78, 5) is 11.3. The van der Waals surface area contributed by atoms with Crippen molar-refractivity contribution in [3.8, 4) is 6.07 Å². The van der Waals surface area contributed by atoms with Crippen molar-refractivity contribution >= 4 is 15.8 Å². The van der Waals surface area contributed by atoms with Crippen molar-refractivity contribution in [2.45, 2.75) is 25.1 Å². The van der Waals surface area contributed by atoms with Gasteiger partial charge in [0.2, 0.25) is 10.0 Å². The molecule has 0 N–H and O–H groups in total. The van der Waals surface area contributed by atoms with Gasteiger partial charge in [-0.15, -0.1) is 0 Å². The summed E-state index contributed by atoms with van der Waals surface area (Å²) < 4.78 is 31.9. The summed E-state index contributed by atoms with van der Waals surface area (Å²) in [5.74, 6) is -0.251. The smallest absolute Gasteiger partial charge is 0.218 e. The van der Waals surface area contributed by atoms with Crippen LogP contribution in [0, 0.1) is 11.3 Å². The van der Waals surface area contributed by atoms with Crippen molar-refractivity contribution in [2.24, 2.45) is 0 Å². The van der Waals surface area contributed by atoms with Gasteiger partial charge in [0.1, 0.15) is 5.78 Å². The normalized spacial score (nSPS) is 19.5. The fourth-order valence-corrected chi connectivity index (χ4v) is 4.23. The van der Waals surface area contributed by atoms with Crippen LogP contribution in [0.5, 0.6) is 0 Å². The minimum absolute atomic E-state index is 0.0674. The van der Waals surface area contributed by atoms with Crippen molar-refractivity contribution in [3.05, 3.63) is 35.4 Å². The Labute approximate surface area is 130 Å². The van der Waals surface area contributed by atoms with Gasteiger partial charge in [0.05, 0.1) is 36.6 Å². The molecule has 0 bridgehead atoms. The van der Waals surface area contributed by atoms with Gasteiger partial charge in [-0.05, 0) is 24.6 Å². The van der Waals surface area contributed by atoms with E-state index in [0.717, 1.165) is 0 Å². The first-order valence-corrected chi connectivity index (χ1v) is 8.59. The first kappa shape index (κ1) is 16.6. The Hall–Kier alpha value is -1.75. The third-order valence-corrected chi connectivity index (χ3v) is 5.35. The Morgan fingerprint density at radius 3 is 2.95 bits per heavy atom. The molecule has 118 valence electrons. The minimum atomic E-state index is -3.56. The van der Waals surface area contributed by atoms with Crippen LogP contribution in [0.4, 0.5) is 0 Å². The summed E-state index contributed by atoms with van der Waals surface area (Å²) in [7, 11) is -3.56. The van der Waals surface area contributed by atoms with E-state index in [1.54, 1.807) is 24.3 Å². The minimum Gasteiger partial charge on any atom is -0.378 e. The Kier molecular flexibility index (Phi) is 5.29. The maximum absolute atomic E-state index is 12.6. The number of ether oxygens (including phenoxy) is 1. The summed E-state index contributed by atoms with van der Waals surface area (Å²) in [6, 6.07) is 8.08. The second-order valence-corrected chi connectivity index (χ2v) is 7.24. The quantitative estimate of drug-likeness (QED) is 0.809. The number of Topliss-reactive ketones (excluding diaryl/α,β-unsaturated/α-hetero) is 1. The summed E-state index contributed by atoms with van der Waals surface area (Å²) in [5.41, 5.74) is 0.988. The predicted molar refractivity (Wildman–Crippen MR) is 80.4 cm³/mol. The number of rotatable bonds is 5. The molecule has 0 amide bonds. The first-order valence-electron chi connectivity index (χ1n) is 6.98. The number of morpholine rings is 1. The highest BCUT2D eigenvalue weighted by atomic mass is 32.2. The van der Waals surface area contributed by atoms with Gasteiger partial charge < -0.3 is 4.74 Å². The van der Waals surface area contributed by atoms with Crippen LogP contribution in [0.25, 0.3) is 0 Å². The Bertz CT molecular complexity index is 694. The van der Waals surface area contributed by atoms with Crippen molar-refractivity contribution in [2.75, 3.05) is 19.8 Å². The van der Waals surface area contributed by atoms with E-state index >= 15 is 0 Å². The number of nitriles is 1. The molecular weight excluding hydrogens is 304 g/mol. The second kappa shape index (κ2) is 7.01. The third-order valence-electron chi connectivity index (χ3n) is 3.46. The Morgan fingerprint density at radius 1 is 1.50 bits per heavy atom. The van der Waals surface area contributed by atoms with E-state index in [-0.39, 0.29) is 31.1 Å². The van der Waals surface area contributed by atoms with Gasteiger partial charge in [-0.2, -0.15) is 9.57 Å². The molecule has 6 nitrogen and oxygen atoms in total. The molecule has 2 rings (SSSR count). The van der Waals surface area contributed by atoms with Crippen LogP contribution in [-0.4, -0.2) is 44.3 Å². The fraction of sp³-hybridized carbons (Fsp3) is 0.467. The molecule has 1 aliphatic heterocycles. The average molecular weight is 322 g/mol. The van der Waals surface area contributed by atoms with Crippen LogP contribution in [0.3, 0.4) is 0 Å². The molecule has 0 spiro atoms. The molecule has 0 aliphatic carbocycles. The zero-order valence-corrected chi connectivity index (χ0v) is 13.2. The Balaban J connectivity index is 2.20. The number of hydrogen-bond acceptors (Lipinski definition) is 5. The Morgan fingerprint density at radius 2 is 2.27 bits per heavy atom. The topological polar surface area (TPSA) is 87.5 Å². The monoisotopic (exact) mass is 322 g/mol. The van der Waals surface area contributed by atoms with E-state index in [2.05, 4.69) is 0 Å². The SMILES string of the molecule is CC(=O)CC1COCCN1S(=O)(=O)Cc1cccc(C#N)c1. The zero-order chi connectivity index (χ0) is 16.2. The van der Waals surface area contributed by atoms with E-state index < -0.39 is 16.1 Å². The molecule has 1 unspecified atom stereocenters. The van der Waals surface area contributed by atoms with Gasteiger partial charge in [-0.1, -0.05) is 12.1 Å². The number of benzene rings is 1. The predicted octanol–water partition coefficient (Wildman–Crippen LogP) is 1.07. The average Bonchev–Trinajstić information content (AvgIpc) is 2.46. The van der Waals surface area contributed by atoms with E-state index in [4.69, 9.17) is 10.00 Å². The number of carbonyl (C=O) groups excluding carboxylic acids is 1. The molecule has 0 saturated carbocycles. The maximum atomic E-state index is 12.6. The lowest BCUT2D eigenvalue weighted by Crippen LogP contribution is -2.49. The van der Waals surface area contributed by atoms with E-state index in [0.29, 0.717) is 17.7 Å². The number of nitrogens with zero attached hydrogens (tertiary/aromatic N) is 2. The van der Waals surface area contributed by atoms with Crippen LogP contribution < -0.4 is 0 Å². The molecular formula is C15H18N2O4S. The van der Waals surface area contributed by atoms with Crippen LogP contribution >= 0.6 is 0 Å². The molecule has 1 aliphatic rings. The fourth-order valence-electron chi connectivity index (χ4n) is 2.52. The molecule has 7 heteroatoms. The van der Waals surface area contributed by atoms with Crippen LogP contribution in [0.2, 0.25) is 0 Å². The van der Waals surface area contributed by atoms with E-state index in [9.17, 15) is 13.2 Å². The molecule has 22 heavy (non-hydrogen) atoms. The number of ketones is 1. The first-order chi connectivity index (χ1) is 10.4. The molecule has 0 radical (unpaired) electrons. The second-order valence-electron chi connectivity index (χ2n) is 5.31. The molecule has 1 fully saturated rings. The van der Waals surface area contributed by atoms with Gasteiger partial charge in [0, 0.05) is 13.0 Å². The summed E-state index contributed by atoms with van der Waals surface area (Å²) in [6.45, 7) is 2.25. The molecule has 1 aromatic rings. The zero-order valence-electron chi connectivity index (χ0n) is 12.4. The summed E-state index contributed by atoms with van der Waals surface area (Å²) in [6.07, 6.45) is 0.150. The molecule has 0 aromatic heterocycles. The van der Waals surface area contributed by atoms with Crippen molar-refractivity contribution in [1.29, 1.82) is 5.26 Å². The lowest BCUT2D eigenvalue weighted by Gasteiger charge is -2.34. The molecule has 1 aromatic carbocycles. The van der Waals surface area contributed by atoms with Crippen LogP contribution in [-0.2, 0) is 25.3 Å². The van der Waals surface area contributed by atoms with Crippen molar-refractivity contribution in [1.82, 2.24) is 4.31 Å². The largest absolute Gasteiger partial charge is 0.378 e. The standard InChI is InChI=1S/C15H18N2O4S/c1-12(18)7-15-10-21-6-5-17(15)22(19,20)11-14-4-2-3-13(8-14)9-16/h2-4,8,15H,5-7,10-11H2,1H3. The molecule has 1 heterocycles. The third kappa shape index (κ3) is 4.13. The number of carbonyl (C=O) groups is 1. The highest BCUT2D eigenvalue weighted by Gasteiger charge is 2.33. The van der Waals surface area contributed by atoms with Crippen LogP contribution in [0.1, 0.15) is 24.5 Å². The van der Waals surface area contributed by atoms with Gasteiger partial charge in [-0.3, -0.25) is 4.79 Å². The molecule has 1 atom stereocenters. The van der Waals surface area contributed by atoms with Gasteiger partial charge in [0.25, 0.3) is 0 Å². The molecule has 1 saturated heterocycles. The van der Waals surface area contributed by atoms with Crippen molar-refractivity contribution in [3.63, 3.8) is 0 Å². The lowest BCUT2D eigenvalue weighted by atomic mass is 10.1. The summed E-state index contributed by atoms with van der Waals surface area (Å²) >= 11 is 0. The van der Waals surface area contributed by atoms with Crippen molar-refractivity contribution < 1.29 is 17.9 Å². The van der Waals surface area contributed by atoms with Crippen LogP contribution in [0.15, 0.2) is 24.3 Å². The van der Waals surface area contributed by atoms with Gasteiger partial charge in [-0.25, -0.2) is 8.42 Å². The lowest BCUT2D eigenvalue weighted by molar-refractivity contribution is -0.118. The highest BCUT2D eigenvalue weighted by Crippen LogP contribution is 2.19. The van der Waals surface area contributed by atoms with E-state index in [1.165, 1.54) is 11.2 Å².